The molecule has 19 heavy (non-hydrogen) atoms. The first-order valence-corrected chi connectivity index (χ1v) is 9.99. The standard InChI is InChI=1S/C16H39N2Si/c1-18(2,3)15-14-17-13-11-9-7-5-4-6-8-10-12-16-19/h17H,4-16H2,1-3,19H3/q+1. The maximum Gasteiger partial charge on any atom is 0.0907 e. The van der Waals surface area contributed by atoms with Gasteiger partial charge in [0.25, 0.3) is 0 Å². The van der Waals surface area contributed by atoms with Crippen LogP contribution in [0, 0.1) is 0 Å². The van der Waals surface area contributed by atoms with Crippen LogP contribution in [0.25, 0.3) is 0 Å². The van der Waals surface area contributed by atoms with Gasteiger partial charge in [-0.25, -0.2) is 0 Å². The highest BCUT2D eigenvalue weighted by Crippen LogP contribution is 2.09. The Labute approximate surface area is 125 Å². The summed E-state index contributed by atoms with van der Waals surface area (Å²) < 4.78 is 1.06. The highest BCUT2D eigenvalue weighted by Gasteiger charge is 2.04. The fraction of sp³-hybridized carbons (Fsp3) is 1.00. The number of nitrogens with one attached hydrogen (secondary N) is 1. The maximum absolute atomic E-state index is 3.55. The molecule has 2 nitrogen and oxygen atoms in total. The van der Waals surface area contributed by atoms with Gasteiger partial charge >= 0.3 is 0 Å². The summed E-state index contributed by atoms with van der Waals surface area (Å²) in [6.07, 6.45) is 13.1. The molecule has 0 heterocycles. The van der Waals surface area contributed by atoms with Crippen molar-refractivity contribution >= 4 is 10.2 Å². The van der Waals surface area contributed by atoms with Gasteiger partial charge in [-0.05, 0) is 13.0 Å². The molecule has 0 unspecified atom stereocenters. The zero-order chi connectivity index (χ0) is 14.4. The number of unbranched alkanes of at least 4 members (excludes halogenated alkanes) is 8. The molecule has 0 saturated heterocycles. The molecule has 116 valence electrons. The third-order valence-electron chi connectivity index (χ3n) is 3.67. The summed E-state index contributed by atoms with van der Waals surface area (Å²) in [5, 5.41) is 3.55. The van der Waals surface area contributed by atoms with Gasteiger partial charge in [-0.15, -0.1) is 0 Å². The summed E-state index contributed by atoms with van der Waals surface area (Å²) in [5.74, 6) is 0. The second kappa shape index (κ2) is 13.1. The number of hydrogen-bond acceptors (Lipinski definition) is 1. The first-order chi connectivity index (χ1) is 9.06. The van der Waals surface area contributed by atoms with Crippen molar-refractivity contribution < 1.29 is 4.48 Å². The Morgan fingerprint density at radius 2 is 1.16 bits per heavy atom. The molecule has 0 aromatic carbocycles. The largest absolute Gasteiger partial charge is 0.330 e. The molecule has 0 rings (SSSR count). The monoisotopic (exact) mass is 287 g/mol. The van der Waals surface area contributed by atoms with Gasteiger partial charge in [0, 0.05) is 16.8 Å². The van der Waals surface area contributed by atoms with E-state index in [-0.39, 0.29) is 0 Å². The summed E-state index contributed by atoms with van der Waals surface area (Å²) in [5.41, 5.74) is 0. The number of quaternary nitrogens is 1. The van der Waals surface area contributed by atoms with Crippen molar-refractivity contribution in [1.29, 1.82) is 0 Å². The van der Waals surface area contributed by atoms with Gasteiger partial charge in [-0.3, -0.25) is 0 Å². The van der Waals surface area contributed by atoms with E-state index < -0.39 is 0 Å². The number of hydrogen-bond donors (Lipinski definition) is 1. The predicted molar refractivity (Wildman–Crippen MR) is 92.1 cm³/mol. The van der Waals surface area contributed by atoms with Crippen LogP contribution in [0.15, 0.2) is 0 Å². The van der Waals surface area contributed by atoms with E-state index in [0.717, 1.165) is 11.0 Å². The lowest BCUT2D eigenvalue weighted by molar-refractivity contribution is -0.869. The summed E-state index contributed by atoms with van der Waals surface area (Å²) in [6.45, 7) is 3.59. The molecule has 0 aliphatic carbocycles. The van der Waals surface area contributed by atoms with Crippen LogP contribution in [0.1, 0.15) is 57.8 Å². The average molecular weight is 288 g/mol. The topological polar surface area (TPSA) is 12.0 Å². The Bertz CT molecular complexity index is 178. The smallest absolute Gasteiger partial charge is 0.0907 e. The minimum atomic E-state index is 1.06. The quantitative estimate of drug-likeness (QED) is 0.294. The van der Waals surface area contributed by atoms with Gasteiger partial charge in [-0.1, -0.05) is 57.4 Å². The third-order valence-corrected chi connectivity index (χ3v) is 4.37. The molecule has 0 aromatic heterocycles. The van der Waals surface area contributed by atoms with Crippen molar-refractivity contribution in [2.45, 2.75) is 63.8 Å². The highest BCUT2D eigenvalue weighted by molar-refractivity contribution is 6.08. The molecule has 1 N–H and O–H groups in total. The molecule has 0 aliphatic heterocycles. The predicted octanol–water partition coefficient (Wildman–Crippen LogP) is 2.58. The Morgan fingerprint density at radius 1 is 0.684 bits per heavy atom. The van der Waals surface area contributed by atoms with E-state index >= 15 is 0 Å². The molecule has 0 saturated carbocycles. The van der Waals surface area contributed by atoms with Crippen LogP contribution in [0.2, 0.25) is 6.04 Å². The number of nitrogens with zero attached hydrogens (tertiary/aromatic N) is 1. The van der Waals surface area contributed by atoms with Gasteiger partial charge in [0.05, 0.1) is 27.7 Å². The first kappa shape index (κ1) is 19.1. The normalized spacial score (nSPS) is 12.2. The molecule has 0 bridgehead atoms. The number of likely N-dealkylation sites (N-methyl/N-ethyl adjacent to an activating group) is 1. The molecule has 0 fully saturated rings. The molecular formula is C16H39N2Si+. The van der Waals surface area contributed by atoms with Crippen molar-refractivity contribution in [2.75, 3.05) is 40.8 Å². The maximum atomic E-state index is 3.55. The van der Waals surface area contributed by atoms with E-state index in [1.54, 1.807) is 0 Å². The first-order valence-electron chi connectivity index (χ1n) is 8.57. The summed E-state index contributed by atoms with van der Waals surface area (Å²) in [7, 11) is 8.16. The van der Waals surface area contributed by atoms with E-state index in [4.69, 9.17) is 0 Å². The summed E-state index contributed by atoms with van der Waals surface area (Å²) >= 11 is 0. The van der Waals surface area contributed by atoms with Crippen LogP contribution in [0.4, 0.5) is 0 Å². The lowest BCUT2D eigenvalue weighted by Crippen LogP contribution is -2.40. The lowest BCUT2D eigenvalue weighted by atomic mass is 10.1. The third kappa shape index (κ3) is 18.1. The van der Waals surface area contributed by atoms with Crippen LogP contribution >= 0.6 is 0 Å². The van der Waals surface area contributed by atoms with E-state index in [2.05, 4.69) is 26.5 Å². The van der Waals surface area contributed by atoms with Crippen molar-refractivity contribution in [3.05, 3.63) is 0 Å². The molecule has 3 heteroatoms. The van der Waals surface area contributed by atoms with Gasteiger partial charge in [0.1, 0.15) is 0 Å². The zero-order valence-electron chi connectivity index (χ0n) is 14.1. The molecule has 0 spiro atoms. The van der Waals surface area contributed by atoms with Crippen molar-refractivity contribution in [2.24, 2.45) is 0 Å². The molecule has 0 atom stereocenters. The van der Waals surface area contributed by atoms with Gasteiger partial charge in [0.15, 0.2) is 0 Å². The van der Waals surface area contributed by atoms with Crippen LogP contribution in [-0.2, 0) is 0 Å². The second-order valence-electron chi connectivity index (χ2n) is 6.95. The van der Waals surface area contributed by atoms with Crippen LogP contribution < -0.4 is 5.32 Å². The molecule has 0 aromatic rings. The molecule has 0 aliphatic rings. The Balaban J connectivity index is 2.99. The van der Waals surface area contributed by atoms with Gasteiger partial charge in [-0.2, -0.15) is 0 Å². The lowest BCUT2D eigenvalue weighted by Gasteiger charge is -2.23. The molecular weight excluding hydrogens is 248 g/mol. The van der Waals surface area contributed by atoms with Crippen LogP contribution in [-0.4, -0.2) is 55.5 Å². The minimum absolute atomic E-state index is 1.06. The zero-order valence-corrected chi connectivity index (χ0v) is 16.1. The summed E-state index contributed by atoms with van der Waals surface area (Å²) in [4.78, 5) is 0. The SMILES string of the molecule is C[N+](C)(C)CCNCCCCCCCCCCC[SiH3]. The minimum Gasteiger partial charge on any atom is -0.330 e. The Hall–Kier alpha value is 0.137. The van der Waals surface area contributed by atoms with Gasteiger partial charge in [0.2, 0.25) is 0 Å². The van der Waals surface area contributed by atoms with Gasteiger partial charge < -0.3 is 9.80 Å². The fourth-order valence-electron chi connectivity index (χ4n) is 2.28. The average Bonchev–Trinajstić information content (AvgIpc) is 2.34. The van der Waals surface area contributed by atoms with Crippen molar-refractivity contribution in [1.82, 2.24) is 5.32 Å². The van der Waals surface area contributed by atoms with Crippen LogP contribution in [0.3, 0.4) is 0 Å². The van der Waals surface area contributed by atoms with E-state index in [9.17, 15) is 0 Å². The number of rotatable bonds is 14. The molecule has 0 radical (unpaired) electrons. The fourth-order valence-corrected chi connectivity index (χ4v) is 2.78. The van der Waals surface area contributed by atoms with Crippen molar-refractivity contribution in [3.63, 3.8) is 0 Å². The summed E-state index contributed by atoms with van der Waals surface area (Å²) in [6, 6.07) is 1.50. The molecule has 0 amide bonds. The second-order valence-corrected chi connectivity index (χ2v) is 7.95. The highest BCUT2D eigenvalue weighted by atomic mass is 28.1. The van der Waals surface area contributed by atoms with Crippen LogP contribution in [0.5, 0.6) is 0 Å². The van der Waals surface area contributed by atoms with E-state index in [1.165, 1.54) is 87.2 Å². The van der Waals surface area contributed by atoms with E-state index in [0.29, 0.717) is 0 Å². The Morgan fingerprint density at radius 3 is 1.63 bits per heavy atom. The van der Waals surface area contributed by atoms with Crippen molar-refractivity contribution in [3.8, 4) is 0 Å². The Kier molecular flexibility index (Phi) is 13.2. The van der Waals surface area contributed by atoms with E-state index in [1.807, 2.05) is 0 Å².